The van der Waals surface area contributed by atoms with E-state index in [-0.39, 0.29) is 22.1 Å². The zero-order chi connectivity index (χ0) is 27.7. The van der Waals surface area contributed by atoms with Crippen molar-refractivity contribution in [3.8, 4) is 17.2 Å². The van der Waals surface area contributed by atoms with Gasteiger partial charge in [0, 0.05) is 29.1 Å². The van der Waals surface area contributed by atoms with E-state index in [1.165, 1.54) is 56.7 Å². The Bertz CT molecular complexity index is 1350. The van der Waals surface area contributed by atoms with Gasteiger partial charge in [0.2, 0.25) is 5.91 Å². The summed E-state index contributed by atoms with van der Waals surface area (Å²) in [4.78, 5) is 12.9. The Morgan fingerprint density at radius 3 is 2.24 bits per heavy atom. The average molecular weight is 579 g/mol. The third kappa shape index (κ3) is 7.49. The van der Waals surface area contributed by atoms with Crippen molar-refractivity contribution in [2.75, 3.05) is 44.5 Å². The first-order chi connectivity index (χ1) is 18.2. The van der Waals surface area contributed by atoms with E-state index in [1.807, 2.05) is 6.92 Å². The zero-order valence-electron chi connectivity index (χ0n) is 21.7. The molecule has 204 valence electrons. The van der Waals surface area contributed by atoms with E-state index in [9.17, 15) is 13.2 Å². The van der Waals surface area contributed by atoms with E-state index in [4.69, 9.17) is 25.8 Å². The van der Waals surface area contributed by atoms with Crippen LogP contribution in [0.3, 0.4) is 0 Å². The molecule has 0 saturated heterocycles. The van der Waals surface area contributed by atoms with Crippen LogP contribution in [0.2, 0.25) is 5.02 Å². The fraction of sp³-hybridized carbons (Fsp3) is 0.296. The molecule has 11 heteroatoms. The summed E-state index contributed by atoms with van der Waals surface area (Å²) >= 11 is 7.88. The second-order valence-corrected chi connectivity index (χ2v) is 11.6. The standard InChI is InChI=1S/C27H31ClN2O6S2/c1-19-5-7-20(8-6-19)18-37-14-13-29-27(31)17-30(23-15-21(28)9-11-24(23)34-2)38(32,33)22-10-12-25(35-3)26(16-22)36-4/h5-12,15-16H,13-14,17-18H2,1-4H3,(H,29,31). The number of methoxy groups -OCH3 is 3. The summed E-state index contributed by atoms with van der Waals surface area (Å²) in [5.74, 6) is 1.88. The number of amides is 1. The summed E-state index contributed by atoms with van der Waals surface area (Å²) in [5.41, 5.74) is 2.54. The SMILES string of the molecule is COc1ccc(S(=O)(=O)N(CC(=O)NCCSCc2ccc(C)cc2)c2cc(Cl)ccc2OC)cc1OC. The molecule has 0 radical (unpaired) electrons. The van der Waals surface area contributed by atoms with Crippen LogP contribution < -0.4 is 23.8 Å². The molecule has 0 fully saturated rings. The molecule has 0 aliphatic rings. The monoisotopic (exact) mass is 578 g/mol. The van der Waals surface area contributed by atoms with Gasteiger partial charge in [-0.25, -0.2) is 8.42 Å². The first-order valence-corrected chi connectivity index (χ1v) is 14.6. The van der Waals surface area contributed by atoms with E-state index >= 15 is 0 Å². The second kappa shape index (κ2) is 13.6. The van der Waals surface area contributed by atoms with Gasteiger partial charge in [0.05, 0.1) is 31.9 Å². The van der Waals surface area contributed by atoms with Gasteiger partial charge in [0.1, 0.15) is 12.3 Å². The lowest BCUT2D eigenvalue weighted by Crippen LogP contribution is -2.41. The highest BCUT2D eigenvalue weighted by Gasteiger charge is 2.30. The summed E-state index contributed by atoms with van der Waals surface area (Å²) in [7, 11) is 0.0480. The topological polar surface area (TPSA) is 94.2 Å². The van der Waals surface area contributed by atoms with Crippen LogP contribution in [0, 0.1) is 6.92 Å². The maximum atomic E-state index is 13.8. The molecular weight excluding hydrogens is 548 g/mol. The second-order valence-electron chi connectivity index (χ2n) is 8.23. The van der Waals surface area contributed by atoms with Gasteiger partial charge in [-0.15, -0.1) is 0 Å². The van der Waals surface area contributed by atoms with Gasteiger partial charge < -0.3 is 19.5 Å². The Morgan fingerprint density at radius 2 is 1.58 bits per heavy atom. The number of carbonyl (C=O) groups is 1. The first kappa shape index (κ1) is 29.5. The molecule has 3 rings (SSSR count). The van der Waals surface area contributed by atoms with Gasteiger partial charge in [-0.3, -0.25) is 9.10 Å². The van der Waals surface area contributed by atoms with Crippen molar-refractivity contribution in [3.05, 3.63) is 76.8 Å². The number of nitrogens with zero attached hydrogens (tertiary/aromatic N) is 1. The third-order valence-electron chi connectivity index (χ3n) is 5.60. The summed E-state index contributed by atoms with van der Waals surface area (Å²) in [6.45, 7) is 1.95. The number of nitrogens with one attached hydrogen (secondary N) is 1. The molecule has 0 aliphatic heterocycles. The number of rotatable bonds is 13. The molecule has 3 aromatic carbocycles. The van der Waals surface area contributed by atoms with Crippen molar-refractivity contribution < 1.29 is 27.4 Å². The van der Waals surface area contributed by atoms with Gasteiger partial charge in [0.25, 0.3) is 10.0 Å². The number of halogens is 1. The molecule has 1 amide bonds. The molecule has 38 heavy (non-hydrogen) atoms. The quantitative estimate of drug-likeness (QED) is 0.288. The van der Waals surface area contributed by atoms with Crippen molar-refractivity contribution in [2.24, 2.45) is 0 Å². The number of thioether (sulfide) groups is 1. The number of benzene rings is 3. The molecule has 0 saturated carbocycles. The number of ether oxygens (including phenoxy) is 3. The van der Waals surface area contributed by atoms with E-state index < -0.39 is 22.5 Å². The highest BCUT2D eigenvalue weighted by molar-refractivity contribution is 7.98. The van der Waals surface area contributed by atoms with Gasteiger partial charge in [-0.05, 0) is 42.8 Å². The number of hydrogen-bond donors (Lipinski definition) is 1. The lowest BCUT2D eigenvalue weighted by Gasteiger charge is -2.26. The van der Waals surface area contributed by atoms with E-state index in [2.05, 4.69) is 29.6 Å². The van der Waals surface area contributed by atoms with Gasteiger partial charge in [-0.2, -0.15) is 11.8 Å². The molecule has 0 unspecified atom stereocenters. The molecule has 0 heterocycles. The fourth-order valence-electron chi connectivity index (χ4n) is 3.59. The van der Waals surface area contributed by atoms with Crippen LogP contribution in [0.15, 0.2) is 65.6 Å². The Labute approximate surface area is 233 Å². The van der Waals surface area contributed by atoms with Crippen molar-refractivity contribution in [1.29, 1.82) is 0 Å². The molecule has 0 aliphatic carbocycles. The lowest BCUT2D eigenvalue weighted by atomic mass is 10.2. The summed E-state index contributed by atoms with van der Waals surface area (Å²) in [6.07, 6.45) is 0. The smallest absolute Gasteiger partial charge is 0.265 e. The van der Waals surface area contributed by atoms with Crippen molar-refractivity contribution >= 4 is 45.0 Å². The molecule has 0 atom stereocenters. The van der Waals surface area contributed by atoms with Crippen LogP contribution in [-0.2, 0) is 20.6 Å². The van der Waals surface area contributed by atoms with Crippen molar-refractivity contribution in [2.45, 2.75) is 17.6 Å². The summed E-state index contributed by atoms with van der Waals surface area (Å²) < 4.78 is 44.5. The van der Waals surface area contributed by atoms with Crippen LogP contribution in [-0.4, -0.2) is 54.5 Å². The molecule has 1 N–H and O–H groups in total. The molecule has 0 bridgehead atoms. The van der Waals surface area contributed by atoms with E-state index in [0.717, 1.165) is 10.1 Å². The Balaban J connectivity index is 1.79. The van der Waals surface area contributed by atoms with Gasteiger partial charge >= 0.3 is 0 Å². The highest BCUT2D eigenvalue weighted by atomic mass is 35.5. The molecule has 0 spiro atoms. The number of hydrogen-bond acceptors (Lipinski definition) is 7. The molecule has 0 aromatic heterocycles. The average Bonchev–Trinajstić information content (AvgIpc) is 2.92. The minimum atomic E-state index is -4.24. The van der Waals surface area contributed by atoms with E-state index in [1.54, 1.807) is 23.9 Å². The van der Waals surface area contributed by atoms with Crippen LogP contribution >= 0.6 is 23.4 Å². The fourth-order valence-corrected chi connectivity index (χ4v) is 6.01. The Morgan fingerprint density at radius 1 is 0.921 bits per heavy atom. The normalized spacial score (nSPS) is 11.1. The molecule has 3 aromatic rings. The largest absolute Gasteiger partial charge is 0.495 e. The summed E-state index contributed by atoms with van der Waals surface area (Å²) in [6, 6.07) is 17.1. The number of anilines is 1. The van der Waals surface area contributed by atoms with Gasteiger partial charge in [0.15, 0.2) is 11.5 Å². The molecule has 8 nitrogen and oxygen atoms in total. The Kier molecular flexibility index (Phi) is 10.6. The predicted octanol–water partition coefficient (Wildman–Crippen LogP) is 4.92. The number of sulfonamides is 1. The van der Waals surface area contributed by atoms with Crippen molar-refractivity contribution in [3.63, 3.8) is 0 Å². The minimum Gasteiger partial charge on any atom is -0.495 e. The third-order valence-corrected chi connectivity index (χ3v) is 8.62. The lowest BCUT2D eigenvalue weighted by molar-refractivity contribution is -0.119. The highest BCUT2D eigenvalue weighted by Crippen LogP contribution is 2.37. The maximum Gasteiger partial charge on any atom is 0.265 e. The Hall–Kier alpha value is -3.08. The van der Waals surface area contributed by atoms with Crippen LogP contribution in [0.5, 0.6) is 17.2 Å². The van der Waals surface area contributed by atoms with Crippen LogP contribution in [0.1, 0.15) is 11.1 Å². The first-order valence-electron chi connectivity index (χ1n) is 11.7. The minimum absolute atomic E-state index is 0.0846. The maximum absolute atomic E-state index is 13.8. The van der Waals surface area contributed by atoms with Gasteiger partial charge in [-0.1, -0.05) is 41.4 Å². The van der Waals surface area contributed by atoms with Crippen molar-refractivity contribution in [1.82, 2.24) is 5.32 Å². The summed E-state index contributed by atoms with van der Waals surface area (Å²) in [5, 5.41) is 3.10. The number of carbonyl (C=O) groups excluding carboxylic acids is 1. The molecular formula is C27H31ClN2O6S2. The van der Waals surface area contributed by atoms with Crippen LogP contribution in [0.25, 0.3) is 0 Å². The zero-order valence-corrected chi connectivity index (χ0v) is 24.1. The number of aryl methyl sites for hydroxylation is 1. The van der Waals surface area contributed by atoms with Crippen LogP contribution in [0.4, 0.5) is 5.69 Å². The van der Waals surface area contributed by atoms with E-state index in [0.29, 0.717) is 23.1 Å². The predicted molar refractivity (Wildman–Crippen MR) is 152 cm³/mol.